The molecular weight excluding hydrogens is 917 g/mol. The van der Waals surface area contributed by atoms with Crippen molar-refractivity contribution in [1.29, 1.82) is 0 Å². The average Bonchev–Trinajstić information content (AvgIpc) is 4.00. The normalized spacial score (nSPS) is 14.2. The number of ether oxygens (including phenoxy) is 1. The lowest BCUT2D eigenvalue weighted by Gasteiger charge is -2.26. The fourth-order valence-electron chi connectivity index (χ4n) is 7.54. The minimum absolute atomic E-state index is 0.0211. The number of primary amides is 1. The fraction of sp³-hybridized carbons (Fsp3) is 0.469. The highest BCUT2D eigenvalue weighted by molar-refractivity contribution is 5.97. The molecule has 0 radical (unpaired) electrons. The van der Waals surface area contributed by atoms with Crippen LogP contribution in [-0.4, -0.2) is 124 Å². The molecule has 0 bridgehead atoms. The molecule has 0 saturated heterocycles. The summed E-state index contributed by atoms with van der Waals surface area (Å²) in [5.74, 6) is -7.07. The highest BCUT2D eigenvalue weighted by Gasteiger charge is 2.33. The topological polar surface area (TPSA) is 344 Å². The van der Waals surface area contributed by atoms with Crippen molar-refractivity contribution < 1.29 is 47.9 Å². The minimum Gasteiger partial charge on any atom is -0.464 e. The van der Waals surface area contributed by atoms with Crippen molar-refractivity contribution in [3.63, 3.8) is 0 Å². The van der Waals surface area contributed by atoms with Crippen molar-refractivity contribution in [2.45, 2.75) is 122 Å². The van der Waals surface area contributed by atoms with Crippen molar-refractivity contribution >= 4 is 64.1 Å². The Morgan fingerprint density at radius 1 is 0.676 bits per heavy atom. The summed E-state index contributed by atoms with van der Waals surface area (Å²) < 4.78 is 5.15. The molecule has 4 rings (SSSR count). The number of fused-ring (bicyclic) bond motifs is 1. The minimum atomic E-state index is -1.34. The molecule has 0 spiro atoms. The van der Waals surface area contributed by atoms with E-state index in [1.54, 1.807) is 57.3 Å². The van der Waals surface area contributed by atoms with E-state index in [2.05, 4.69) is 52.2 Å². The van der Waals surface area contributed by atoms with E-state index in [1.165, 1.54) is 19.4 Å². The number of para-hydroxylation sites is 1. The lowest BCUT2D eigenvalue weighted by atomic mass is 10.0. The highest BCUT2D eigenvalue weighted by atomic mass is 16.5. The van der Waals surface area contributed by atoms with E-state index in [4.69, 9.17) is 16.2 Å². The second-order valence-corrected chi connectivity index (χ2v) is 18.0. The summed E-state index contributed by atoms with van der Waals surface area (Å²) in [5, 5.41) is 19.1. The van der Waals surface area contributed by atoms with Crippen molar-refractivity contribution in [3.05, 3.63) is 90.1 Å². The summed E-state index contributed by atoms with van der Waals surface area (Å²) in [7, 11) is 0. The smallest absolute Gasteiger partial charge is 0.328 e. The number of benzene rings is 2. The first-order valence-corrected chi connectivity index (χ1v) is 23.6. The van der Waals surface area contributed by atoms with Gasteiger partial charge in [-0.05, 0) is 62.1 Å². The van der Waals surface area contributed by atoms with Crippen LogP contribution in [0, 0.1) is 11.8 Å². The molecule has 0 saturated carbocycles. The molecule has 7 atom stereocenters. The largest absolute Gasteiger partial charge is 0.464 e. The number of rotatable bonds is 28. The molecule has 2 heterocycles. The number of hydrogen-bond acceptors (Lipinski definition) is 12. The summed E-state index contributed by atoms with van der Waals surface area (Å²) in [6.45, 7) is 9.60. The molecular formula is C49H68N12O10. The Labute approximate surface area is 412 Å². The van der Waals surface area contributed by atoms with E-state index in [9.17, 15) is 43.2 Å². The van der Waals surface area contributed by atoms with Crippen molar-refractivity contribution in [3.8, 4) is 0 Å². The van der Waals surface area contributed by atoms with Crippen LogP contribution in [0.25, 0.3) is 10.9 Å². The number of nitrogens with two attached hydrogens (primary N) is 2. The Kier molecular flexibility index (Phi) is 21.7. The zero-order valence-corrected chi connectivity index (χ0v) is 41.0. The number of H-pyrrole nitrogens is 2. The van der Waals surface area contributed by atoms with Gasteiger partial charge in [-0.1, -0.05) is 76.2 Å². The summed E-state index contributed by atoms with van der Waals surface area (Å²) in [6.07, 6.45) is 4.41. The van der Waals surface area contributed by atoms with Crippen LogP contribution in [0.3, 0.4) is 0 Å². The molecule has 2 aromatic heterocycles. The fourth-order valence-corrected chi connectivity index (χ4v) is 7.54. The number of carbonyl (C=O) groups is 9. The maximum atomic E-state index is 14.1. The Morgan fingerprint density at radius 2 is 1.31 bits per heavy atom. The molecule has 13 N–H and O–H groups in total. The number of aromatic amines is 2. The standard InChI is InChI=1S/C49H68N12O10/c1-7-71-49(70)39(19-27(2)3)60-47(68)38(22-32-24-52-26-55-32)57-41(63)25-54-48(69)42(28(4)5)61-43(64)29(6)56-46(67)37(21-31-23-53-35-16-12-11-15-33(31)35)59-45(66)36(17-18-40(51)62)58-44(65)34(50)20-30-13-9-8-10-14-30/h8-16,23-24,26-29,34,36-39,42,53H,7,17-22,25,50H2,1-6H3,(H2,51,62)(H,52,55)(H,54,69)(H,56,67)(H,57,63)(H,58,65)(H,59,66)(H,60,68)(H,61,64)/t29-,34+,36-,37-,38-,39-,42-/m0/s1. The molecule has 22 heteroatoms. The molecule has 0 aliphatic heterocycles. The van der Waals surface area contributed by atoms with Crippen molar-refractivity contribution in [1.82, 2.24) is 52.2 Å². The molecule has 0 unspecified atom stereocenters. The van der Waals surface area contributed by atoms with E-state index in [-0.39, 0.29) is 51.0 Å². The van der Waals surface area contributed by atoms with Gasteiger partial charge in [-0.15, -0.1) is 0 Å². The number of amides is 8. The molecule has 0 aliphatic carbocycles. The first kappa shape index (κ1) is 56.0. The van der Waals surface area contributed by atoms with Crippen molar-refractivity contribution in [2.75, 3.05) is 13.2 Å². The van der Waals surface area contributed by atoms with Crippen LogP contribution in [-0.2, 0) is 67.2 Å². The van der Waals surface area contributed by atoms with Gasteiger partial charge < -0.3 is 63.4 Å². The monoisotopic (exact) mass is 985 g/mol. The quantitative estimate of drug-likeness (QED) is 0.0331. The third kappa shape index (κ3) is 18.0. The summed E-state index contributed by atoms with van der Waals surface area (Å²) >= 11 is 0. The third-order valence-corrected chi connectivity index (χ3v) is 11.3. The number of imidazole rings is 1. The van der Waals surface area contributed by atoms with Gasteiger partial charge in [0.05, 0.1) is 25.5 Å². The van der Waals surface area contributed by atoms with Gasteiger partial charge in [0.15, 0.2) is 0 Å². The van der Waals surface area contributed by atoms with Gasteiger partial charge in [-0.2, -0.15) is 0 Å². The molecule has 8 amide bonds. The Bertz CT molecular complexity index is 2440. The predicted octanol–water partition coefficient (Wildman–Crippen LogP) is -0.178. The molecule has 4 aromatic rings. The first-order valence-electron chi connectivity index (χ1n) is 23.6. The maximum absolute atomic E-state index is 14.1. The predicted molar refractivity (Wildman–Crippen MR) is 262 cm³/mol. The number of aromatic nitrogens is 3. The van der Waals surface area contributed by atoms with E-state index in [0.717, 1.165) is 16.5 Å². The van der Waals surface area contributed by atoms with Gasteiger partial charge >= 0.3 is 5.97 Å². The maximum Gasteiger partial charge on any atom is 0.328 e. The van der Waals surface area contributed by atoms with Crippen molar-refractivity contribution in [2.24, 2.45) is 23.3 Å². The number of esters is 1. The van der Waals surface area contributed by atoms with Gasteiger partial charge in [0, 0.05) is 48.3 Å². The molecule has 384 valence electrons. The van der Waals surface area contributed by atoms with Crippen LogP contribution in [0.15, 0.2) is 73.3 Å². The zero-order valence-electron chi connectivity index (χ0n) is 41.0. The number of nitrogens with zero attached hydrogens (tertiary/aromatic N) is 1. The van der Waals surface area contributed by atoms with Crippen LogP contribution >= 0.6 is 0 Å². The Balaban J connectivity index is 1.44. The molecule has 22 nitrogen and oxygen atoms in total. The van der Waals surface area contributed by atoms with Gasteiger partial charge in [0.2, 0.25) is 47.3 Å². The Hall–Kier alpha value is -7.62. The average molecular weight is 985 g/mol. The lowest BCUT2D eigenvalue weighted by Crippen LogP contribution is -2.59. The van der Waals surface area contributed by atoms with E-state index in [0.29, 0.717) is 11.3 Å². The summed E-state index contributed by atoms with van der Waals surface area (Å²) in [5.41, 5.74) is 14.3. The number of hydrogen-bond donors (Lipinski definition) is 11. The van der Waals surface area contributed by atoms with Gasteiger partial charge in [0.1, 0.15) is 36.3 Å². The number of carbonyl (C=O) groups excluding carboxylic acids is 9. The molecule has 0 aliphatic rings. The third-order valence-electron chi connectivity index (χ3n) is 11.3. The van der Waals surface area contributed by atoms with Gasteiger partial charge in [-0.3, -0.25) is 38.4 Å². The second kappa shape index (κ2) is 27.5. The summed E-state index contributed by atoms with van der Waals surface area (Å²) in [4.78, 5) is 130. The van der Waals surface area contributed by atoms with E-state index >= 15 is 0 Å². The van der Waals surface area contributed by atoms with Crippen LogP contribution in [0.1, 0.15) is 77.6 Å². The van der Waals surface area contributed by atoms with E-state index in [1.807, 2.05) is 38.1 Å². The van der Waals surface area contributed by atoms with Crippen LogP contribution in [0.5, 0.6) is 0 Å². The SMILES string of the molecule is CCOC(=O)[C@H](CC(C)C)NC(=O)[C@H](Cc1cnc[nH]1)NC(=O)CNC(=O)[C@@H](NC(=O)[C@H](C)NC(=O)[C@H](Cc1c[nH]c2ccccc12)NC(=O)[C@H](CCC(N)=O)NC(=O)[C@H](N)Cc1ccccc1)C(C)C. The van der Waals surface area contributed by atoms with Crippen LogP contribution in [0.2, 0.25) is 0 Å². The second-order valence-electron chi connectivity index (χ2n) is 18.0. The summed E-state index contributed by atoms with van der Waals surface area (Å²) in [6, 6.07) is 7.91. The first-order chi connectivity index (χ1) is 33.8. The zero-order chi connectivity index (χ0) is 52.2. The number of nitrogens with one attached hydrogen (secondary N) is 9. The van der Waals surface area contributed by atoms with Crippen LogP contribution in [0.4, 0.5) is 0 Å². The molecule has 0 fully saturated rings. The lowest BCUT2D eigenvalue weighted by molar-refractivity contribution is -0.148. The highest BCUT2D eigenvalue weighted by Crippen LogP contribution is 2.20. The van der Waals surface area contributed by atoms with Crippen LogP contribution < -0.4 is 48.7 Å². The van der Waals surface area contributed by atoms with Gasteiger partial charge in [-0.25, -0.2) is 9.78 Å². The molecule has 71 heavy (non-hydrogen) atoms. The van der Waals surface area contributed by atoms with E-state index < -0.39 is 108 Å². The molecule has 2 aromatic carbocycles. The van der Waals surface area contributed by atoms with Gasteiger partial charge in [0.25, 0.3) is 0 Å². The Morgan fingerprint density at radius 3 is 1.96 bits per heavy atom.